The molecule has 4 heteroatoms. The van der Waals surface area contributed by atoms with E-state index in [4.69, 9.17) is 4.74 Å². The molecule has 0 atom stereocenters. The number of benzene rings is 1. The van der Waals surface area contributed by atoms with Crippen LogP contribution in [0, 0.1) is 6.92 Å². The summed E-state index contributed by atoms with van der Waals surface area (Å²) < 4.78 is 7.71. The Morgan fingerprint density at radius 3 is 2.70 bits per heavy atom. The van der Waals surface area contributed by atoms with Gasteiger partial charge in [0.1, 0.15) is 5.60 Å². The highest BCUT2D eigenvalue weighted by Gasteiger charge is 2.17. The molecular weight excluding hydrogens is 336 g/mol. The minimum absolute atomic E-state index is 0.129. The summed E-state index contributed by atoms with van der Waals surface area (Å²) >= 11 is 5.27. The van der Waals surface area contributed by atoms with Crippen LogP contribution in [-0.2, 0) is 16.0 Å². The number of halogens is 1. The van der Waals surface area contributed by atoms with Crippen LogP contribution in [0.5, 0.6) is 0 Å². The van der Waals surface area contributed by atoms with Crippen LogP contribution in [0.4, 0.5) is 0 Å². The third-order valence-corrected chi connectivity index (χ3v) is 4.80. The van der Waals surface area contributed by atoms with Crippen molar-refractivity contribution in [1.29, 1.82) is 0 Å². The summed E-state index contributed by atoms with van der Waals surface area (Å²) in [6.07, 6.45) is 1.18. The fourth-order valence-corrected chi connectivity index (χ4v) is 3.64. The molecule has 0 aliphatic rings. The zero-order chi connectivity index (χ0) is 14.9. The van der Waals surface area contributed by atoms with Gasteiger partial charge in [-0.2, -0.15) is 0 Å². The normalized spacial score (nSPS) is 11.8. The summed E-state index contributed by atoms with van der Waals surface area (Å²) in [6.45, 7) is 7.81. The van der Waals surface area contributed by atoms with Crippen molar-refractivity contribution >= 4 is 43.3 Å². The number of ether oxygens (including phenoxy) is 1. The quantitative estimate of drug-likeness (QED) is 0.703. The van der Waals surface area contributed by atoms with Gasteiger partial charge in [-0.3, -0.25) is 4.79 Å². The van der Waals surface area contributed by atoms with E-state index in [1.165, 1.54) is 20.5 Å². The number of carbonyl (C=O) groups excluding carboxylic acids is 1. The molecule has 0 bridgehead atoms. The Bertz CT molecular complexity index is 638. The Labute approximate surface area is 132 Å². The predicted molar refractivity (Wildman–Crippen MR) is 88.4 cm³/mol. The first-order chi connectivity index (χ1) is 9.26. The van der Waals surface area contributed by atoms with Crippen molar-refractivity contribution in [2.45, 2.75) is 46.1 Å². The van der Waals surface area contributed by atoms with Crippen molar-refractivity contribution in [2.75, 3.05) is 0 Å². The van der Waals surface area contributed by atoms with E-state index in [9.17, 15) is 4.79 Å². The molecule has 1 aromatic carbocycles. The van der Waals surface area contributed by atoms with E-state index >= 15 is 0 Å². The third-order valence-electron chi connectivity index (χ3n) is 2.97. The van der Waals surface area contributed by atoms with Gasteiger partial charge in [-0.05, 0) is 63.3 Å². The van der Waals surface area contributed by atoms with E-state index in [1.54, 1.807) is 11.3 Å². The molecule has 0 fully saturated rings. The maximum Gasteiger partial charge on any atom is 0.306 e. The molecule has 2 rings (SSSR count). The summed E-state index contributed by atoms with van der Waals surface area (Å²) in [7, 11) is 0. The first-order valence-electron chi connectivity index (χ1n) is 6.65. The minimum atomic E-state index is -0.406. The van der Waals surface area contributed by atoms with Gasteiger partial charge in [0.15, 0.2) is 0 Å². The molecule has 20 heavy (non-hydrogen) atoms. The molecule has 2 nitrogen and oxygen atoms in total. The zero-order valence-electron chi connectivity index (χ0n) is 12.2. The summed E-state index contributed by atoms with van der Waals surface area (Å²) in [6, 6.07) is 6.31. The SMILES string of the molecule is Cc1c(CCC(=O)OC(C)(C)C)sc2ccc(Br)cc12. The lowest BCUT2D eigenvalue weighted by molar-refractivity contribution is -0.154. The van der Waals surface area contributed by atoms with Gasteiger partial charge in [-0.25, -0.2) is 0 Å². The van der Waals surface area contributed by atoms with Gasteiger partial charge in [0.05, 0.1) is 6.42 Å². The van der Waals surface area contributed by atoms with Crippen molar-refractivity contribution in [3.63, 3.8) is 0 Å². The second-order valence-electron chi connectivity index (χ2n) is 5.88. The van der Waals surface area contributed by atoms with E-state index < -0.39 is 5.60 Å². The maximum atomic E-state index is 11.8. The monoisotopic (exact) mass is 354 g/mol. The first kappa shape index (κ1) is 15.5. The summed E-state index contributed by atoms with van der Waals surface area (Å²) in [5, 5.41) is 1.27. The van der Waals surface area contributed by atoms with Gasteiger partial charge in [0, 0.05) is 14.0 Å². The first-order valence-corrected chi connectivity index (χ1v) is 8.26. The van der Waals surface area contributed by atoms with Gasteiger partial charge >= 0.3 is 5.97 Å². The molecule has 0 radical (unpaired) electrons. The topological polar surface area (TPSA) is 26.3 Å². The number of aryl methyl sites for hydroxylation is 2. The average molecular weight is 355 g/mol. The molecule has 0 aliphatic heterocycles. The smallest absolute Gasteiger partial charge is 0.306 e. The molecule has 2 aromatic rings. The lowest BCUT2D eigenvalue weighted by Crippen LogP contribution is -2.23. The Morgan fingerprint density at radius 1 is 1.35 bits per heavy atom. The van der Waals surface area contributed by atoms with Crippen LogP contribution in [0.15, 0.2) is 22.7 Å². The number of carbonyl (C=O) groups is 1. The number of esters is 1. The van der Waals surface area contributed by atoms with Crippen LogP contribution in [0.2, 0.25) is 0 Å². The fraction of sp³-hybridized carbons (Fsp3) is 0.438. The highest BCUT2D eigenvalue weighted by molar-refractivity contribution is 9.10. The van der Waals surface area contributed by atoms with Gasteiger partial charge < -0.3 is 4.74 Å². The van der Waals surface area contributed by atoms with Crippen LogP contribution in [0.3, 0.4) is 0 Å². The van der Waals surface area contributed by atoms with Gasteiger partial charge in [-0.1, -0.05) is 15.9 Å². The molecule has 0 saturated carbocycles. The molecule has 0 amide bonds. The number of fused-ring (bicyclic) bond motifs is 1. The number of rotatable bonds is 3. The van der Waals surface area contributed by atoms with Crippen LogP contribution in [-0.4, -0.2) is 11.6 Å². The number of hydrogen-bond donors (Lipinski definition) is 0. The second kappa shape index (κ2) is 5.86. The van der Waals surface area contributed by atoms with Crippen molar-refractivity contribution < 1.29 is 9.53 Å². The van der Waals surface area contributed by atoms with Crippen LogP contribution in [0.1, 0.15) is 37.6 Å². The molecule has 108 valence electrons. The molecule has 0 saturated heterocycles. The highest BCUT2D eigenvalue weighted by atomic mass is 79.9. The maximum absolute atomic E-state index is 11.8. The Kier molecular flexibility index (Phi) is 4.55. The van der Waals surface area contributed by atoms with Crippen molar-refractivity contribution in [3.05, 3.63) is 33.1 Å². The van der Waals surface area contributed by atoms with Gasteiger partial charge in [0.2, 0.25) is 0 Å². The predicted octanol–water partition coefficient (Wildman–Crippen LogP) is 5.25. The van der Waals surface area contributed by atoms with E-state index in [2.05, 4.69) is 41.1 Å². The van der Waals surface area contributed by atoms with E-state index in [1.807, 2.05) is 20.8 Å². The molecule has 1 heterocycles. The van der Waals surface area contributed by atoms with Gasteiger partial charge in [-0.15, -0.1) is 11.3 Å². The zero-order valence-corrected chi connectivity index (χ0v) is 14.7. The van der Waals surface area contributed by atoms with E-state index in [0.717, 1.165) is 10.9 Å². The standard InChI is InChI=1S/C16H19BrO2S/c1-10-12-9-11(17)5-6-14(12)20-13(10)7-8-15(18)19-16(2,3)4/h5-6,9H,7-8H2,1-4H3. The average Bonchev–Trinajstić information content (AvgIpc) is 2.62. The summed E-state index contributed by atoms with van der Waals surface area (Å²) in [5.41, 5.74) is 0.867. The van der Waals surface area contributed by atoms with E-state index in [-0.39, 0.29) is 5.97 Å². The number of hydrogen-bond acceptors (Lipinski definition) is 3. The van der Waals surface area contributed by atoms with Crippen molar-refractivity contribution in [2.24, 2.45) is 0 Å². The number of thiophene rings is 1. The molecule has 1 aromatic heterocycles. The third kappa shape index (κ3) is 3.83. The minimum Gasteiger partial charge on any atom is -0.460 e. The van der Waals surface area contributed by atoms with Crippen LogP contribution < -0.4 is 0 Å². The second-order valence-corrected chi connectivity index (χ2v) is 7.93. The van der Waals surface area contributed by atoms with Crippen LogP contribution in [0.25, 0.3) is 10.1 Å². The molecular formula is C16H19BrO2S. The largest absolute Gasteiger partial charge is 0.460 e. The fourth-order valence-electron chi connectivity index (χ4n) is 2.09. The van der Waals surface area contributed by atoms with Crippen LogP contribution >= 0.6 is 27.3 Å². The lowest BCUT2D eigenvalue weighted by Gasteiger charge is -2.19. The van der Waals surface area contributed by atoms with Gasteiger partial charge in [0.25, 0.3) is 0 Å². The molecule has 0 spiro atoms. The molecule has 0 unspecified atom stereocenters. The molecule has 0 N–H and O–H groups in total. The molecule has 0 aliphatic carbocycles. The Balaban J connectivity index is 2.11. The Morgan fingerprint density at radius 2 is 2.05 bits per heavy atom. The van der Waals surface area contributed by atoms with E-state index in [0.29, 0.717) is 6.42 Å². The Hall–Kier alpha value is -0.870. The van der Waals surface area contributed by atoms with Crippen molar-refractivity contribution in [3.8, 4) is 0 Å². The summed E-state index contributed by atoms with van der Waals surface area (Å²) in [5.74, 6) is -0.129. The lowest BCUT2D eigenvalue weighted by atomic mass is 10.1. The summed E-state index contributed by atoms with van der Waals surface area (Å²) in [4.78, 5) is 13.1. The highest BCUT2D eigenvalue weighted by Crippen LogP contribution is 2.33. The van der Waals surface area contributed by atoms with Crippen molar-refractivity contribution in [1.82, 2.24) is 0 Å².